The average molecular weight is 327 g/mol. The second kappa shape index (κ2) is 6.29. The molecule has 0 saturated heterocycles. The van der Waals surface area contributed by atoms with Gasteiger partial charge in [0.2, 0.25) is 0 Å². The van der Waals surface area contributed by atoms with Crippen LogP contribution in [-0.2, 0) is 6.54 Å². The van der Waals surface area contributed by atoms with E-state index in [4.69, 9.17) is 0 Å². The molecule has 1 heterocycles. The number of fused-ring (bicyclic) bond motifs is 1. The first-order valence-electron chi connectivity index (χ1n) is 8.18. The maximum Gasteiger partial charge on any atom is 0.251 e. The first-order valence-corrected chi connectivity index (χ1v) is 8.18. The summed E-state index contributed by atoms with van der Waals surface area (Å²) in [5.74, 6) is 0.152. The third kappa shape index (κ3) is 2.92. The van der Waals surface area contributed by atoms with Crippen LogP contribution in [0, 0.1) is 0 Å². The van der Waals surface area contributed by atoms with Crippen molar-refractivity contribution in [2.24, 2.45) is 0 Å². The van der Waals surface area contributed by atoms with Crippen molar-refractivity contribution >= 4 is 10.9 Å². The van der Waals surface area contributed by atoms with Crippen LogP contribution in [0.3, 0.4) is 0 Å². The van der Waals surface area contributed by atoms with Crippen LogP contribution in [0.4, 0.5) is 0 Å². The number of hydrogen-bond acceptors (Lipinski definition) is 2. The van der Waals surface area contributed by atoms with Gasteiger partial charge in [-0.15, -0.1) is 0 Å². The van der Waals surface area contributed by atoms with E-state index in [9.17, 15) is 9.90 Å². The van der Waals surface area contributed by atoms with Crippen molar-refractivity contribution in [3.8, 4) is 16.9 Å². The van der Waals surface area contributed by atoms with Crippen LogP contribution in [0.1, 0.15) is 5.56 Å². The van der Waals surface area contributed by atoms with Crippen LogP contribution in [0.15, 0.2) is 89.7 Å². The number of rotatable bonds is 3. The lowest BCUT2D eigenvalue weighted by Gasteiger charge is -2.14. The van der Waals surface area contributed by atoms with Gasteiger partial charge in [0, 0.05) is 17.5 Å². The van der Waals surface area contributed by atoms with E-state index in [1.54, 1.807) is 22.8 Å². The van der Waals surface area contributed by atoms with Crippen molar-refractivity contribution < 1.29 is 5.11 Å². The summed E-state index contributed by atoms with van der Waals surface area (Å²) in [6.45, 7) is 0.467. The fraction of sp³-hybridized carbons (Fsp3) is 0.0455. The number of phenols is 1. The predicted octanol–water partition coefficient (Wildman–Crippen LogP) is 4.42. The molecule has 0 amide bonds. The van der Waals surface area contributed by atoms with Crippen molar-refractivity contribution in [1.29, 1.82) is 0 Å². The Balaban J connectivity index is 1.97. The molecule has 3 nitrogen and oxygen atoms in total. The smallest absolute Gasteiger partial charge is 0.251 e. The zero-order valence-electron chi connectivity index (χ0n) is 13.6. The third-order valence-corrected chi connectivity index (χ3v) is 4.36. The molecule has 122 valence electrons. The average Bonchev–Trinajstić information content (AvgIpc) is 2.65. The number of aromatic hydroxyl groups is 1. The minimum atomic E-state index is -0.0826. The lowest BCUT2D eigenvalue weighted by atomic mass is 10.0. The summed E-state index contributed by atoms with van der Waals surface area (Å²) in [5.41, 5.74) is 3.56. The largest absolute Gasteiger partial charge is 0.508 e. The highest BCUT2D eigenvalue weighted by atomic mass is 16.3. The Kier molecular flexibility index (Phi) is 3.82. The maximum atomic E-state index is 12.8. The molecular weight excluding hydrogens is 310 g/mol. The van der Waals surface area contributed by atoms with E-state index in [0.29, 0.717) is 6.54 Å². The van der Waals surface area contributed by atoms with Gasteiger partial charge in [0.25, 0.3) is 5.56 Å². The van der Waals surface area contributed by atoms with Gasteiger partial charge in [0.15, 0.2) is 0 Å². The quantitative estimate of drug-likeness (QED) is 0.605. The summed E-state index contributed by atoms with van der Waals surface area (Å²) < 4.78 is 1.71. The zero-order chi connectivity index (χ0) is 17.2. The fourth-order valence-electron chi connectivity index (χ4n) is 3.15. The van der Waals surface area contributed by atoms with Crippen LogP contribution in [0.5, 0.6) is 5.75 Å². The molecule has 0 aliphatic rings. The van der Waals surface area contributed by atoms with E-state index in [0.717, 1.165) is 27.6 Å². The van der Waals surface area contributed by atoms with Crippen molar-refractivity contribution in [2.45, 2.75) is 6.54 Å². The van der Waals surface area contributed by atoms with Crippen molar-refractivity contribution in [1.82, 2.24) is 4.57 Å². The van der Waals surface area contributed by atoms with Gasteiger partial charge in [-0.1, -0.05) is 60.7 Å². The van der Waals surface area contributed by atoms with E-state index in [2.05, 4.69) is 0 Å². The normalized spacial score (nSPS) is 10.9. The number of benzene rings is 3. The summed E-state index contributed by atoms with van der Waals surface area (Å²) in [5, 5.41) is 10.9. The highest BCUT2D eigenvalue weighted by Gasteiger charge is 2.11. The molecule has 0 aliphatic carbocycles. The molecule has 0 saturated carbocycles. The topological polar surface area (TPSA) is 42.2 Å². The molecule has 1 N–H and O–H groups in total. The van der Waals surface area contributed by atoms with Crippen LogP contribution in [-0.4, -0.2) is 9.67 Å². The van der Waals surface area contributed by atoms with Gasteiger partial charge in [-0.3, -0.25) is 4.79 Å². The molecule has 4 aromatic rings. The van der Waals surface area contributed by atoms with Gasteiger partial charge in [0.1, 0.15) is 5.75 Å². The highest BCUT2D eigenvalue weighted by molar-refractivity contribution is 5.95. The van der Waals surface area contributed by atoms with E-state index in [1.165, 1.54) is 0 Å². The minimum Gasteiger partial charge on any atom is -0.508 e. The van der Waals surface area contributed by atoms with Crippen LogP contribution in [0.2, 0.25) is 0 Å². The van der Waals surface area contributed by atoms with Gasteiger partial charge >= 0.3 is 0 Å². The summed E-state index contributed by atoms with van der Waals surface area (Å²) in [7, 11) is 0. The summed E-state index contributed by atoms with van der Waals surface area (Å²) >= 11 is 0. The first kappa shape index (κ1) is 15.2. The second-order valence-corrected chi connectivity index (χ2v) is 6.04. The molecule has 25 heavy (non-hydrogen) atoms. The Morgan fingerprint density at radius 2 is 1.48 bits per heavy atom. The van der Waals surface area contributed by atoms with Gasteiger partial charge in [-0.2, -0.15) is 0 Å². The zero-order valence-corrected chi connectivity index (χ0v) is 13.6. The number of nitrogens with zero attached hydrogens (tertiary/aromatic N) is 1. The Morgan fingerprint density at radius 3 is 2.20 bits per heavy atom. The molecule has 4 rings (SSSR count). The third-order valence-electron chi connectivity index (χ3n) is 4.36. The predicted molar refractivity (Wildman–Crippen MR) is 101 cm³/mol. The Bertz CT molecular complexity index is 1080. The molecule has 0 aliphatic heterocycles. The molecule has 3 heteroatoms. The number of phenolic OH excluding ortho intramolecular Hbond substituents is 1. The number of aromatic nitrogens is 1. The molecule has 0 unspecified atom stereocenters. The fourth-order valence-corrected chi connectivity index (χ4v) is 3.15. The van der Waals surface area contributed by atoms with E-state index in [-0.39, 0.29) is 11.3 Å². The van der Waals surface area contributed by atoms with Gasteiger partial charge in [-0.25, -0.2) is 0 Å². The highest BCUT2D eigenvalue weighted by Crippen LogP contribution is 2.29. The molecule has 0 bridgehead atoms. The van der Waals surface area contributed by atoms with Crippen molar-refractivity contribution in [3.63, 3.8) is 0 Å². The van der Waals surface area contributed by atoms with Gasteiger partial charge < -0.3 is 9.67 Å². The van der Waals surface area contributed by atoms with Crippen LogP contribution in [0.25, 0.3) is 22.0 Å². The van der Waals surface area contributed by atoms with E-state index in [1.807, 2.05) is 66.7 Å². The molecule has 0 radical (unpaired) electrons. The van der Waals surface area contributed by atoms with E-state index >= 15 is 0 Å². The monoisotopic (exact) mass is 327 g/mol. The van der Waals surface area contributed by atoms with Gasteiger partial charge in [-0.05, 0) is 28.8 Å². The van der Waals surface area contributed by atoms with E-state index < -0.39 is 0 Å². The lowest BCUT2D eigenvalue weighted by Crippen LogP contribution is -2.20. The van der Waals surface area contributed by atoms with Crippen molar-refractivity contribution in [3.05, 3.63) is 101 Å². The lowest BCUT2D eigenvalue weighted by molar-refractivity contribution is 0.476. The summed E-state index contributed by atoms with van der Waals surface area (Å²) in [4.78, 5) is 12.8. The molecule has 0 spiro atoms. The van der Waals surface area contributed by atoms with Gasteiger partial charge in [0.05, 0.1) is 12.1 Å². The maximum absolute atomic E-state index is 12.8. The molecule has 0 atom stereocenters. The summed E-state index contributed by atoms with van der Waals surface area (Å²) in [6, 6.07) is 26.6. The number of pyridine rings is 1. The van der Waals surface area contributed by atoms with Crippen molar-refractivity contribution in [2.75, 3.05) is 0 Å². The van der Waals surface area contributed by atoms with Crippen LogP contribution < -0.4 is 5.56 Å². The standard InChI is InChI=1S/C22H17NO2/c24-18-11-12-19-20(17-9-5-2-6-10-17)14-22(25)23(21(19)13-18)15-16-7-3-1-4-8-16/h1-14,24H,15H2. The van der Waals surface area contributed by atoms with Crippen LogP contribution >= 0.6 is 0 Å². The SMILES string of the molecule is O=c1cc(-c2ccccc2)c2ccc(O)cc2n1Cc1ccccc1. The Hall–Kier alpha value is -3.33. The Labute approximate surface area is 145 Å². The second-order valence-electron chi connectivity index (χ2n) is 6.04. The minimum absolute atomic E-state index is 0.0826. The molecule has 0 fully saturated rings. The number of hydrogen-bond donors (Lipinski definition) is 1. The molecule has 3 aromatic carbocycles. The first-order chi connectivity index (χ1) is 12.2. The molecule has 1 aromatic heterocycles. The Morgan fingerprint density at radius 1 is 0.800 bits per heavy atom. The molecular formula is C22H17NO2. The summed E-state index contributed by atoms with van der Waals surface area (Å²) in [6.07, 6.45) is 0.